The molecule has 2 aromatic heterocycles. The lowest BCUT2D eigenvalue weighted by molar-refractivity contribution is -0.121. The van der Waals surface area contributed by atoms with Gasteiger partial charge in [0.15, 0.2) is 0 Å². The molecule has 4 aromatic rings. The molecule has 2 heterocycles. The van der Waals surface area contributed by atoms with Crippen molar-refractivity contribution in [1.29, 1.82) is 5.26 Å². The number of rotatable bonds is 10. The molecule has 0 atom stereocenters. The third-order valence-electron chi connectivity index (χ3n) is 5.67. The van der Waals surface area contributed by atoms with Gasteiger partial charge in [0.05, 0.1) is 49.4 Å². The highest BCUT2D eigenvalue weighted by Gasteiger charge is 2.15. The fraction of sp³-hybridized carbons (Fsp3) is 0.269. The van der Waals surface area contributed by atoms with Crippen molar-refractivity contribution in [1.82, 2.24) is 25.1 Å². The maximum absolute atomic E-state index is 11.7. The highest BCUT2D eigenvalue weighted by Crippen LogP contribution is 2.34. The van der Waals surface area contributed by atoms with Crippen molar-refractivity contribution in [3.63, 3.8) is 0 Å². The number of anilines is 2. The molecule has 0 saturated heterocycles. The number of aromatic nitrogens is 4. The highest BCUT2D eigenvalue weighted by atomic mass is 16.5. The molecule has 0 saturated carbocycles. The van der Waals surface area contributed by atoms with Gasteiger partial charge in [-0.2, -0.15) is 10.4 Å². The minimum absolute atomic E-state index is 0.128. The zero-order valence-corrected chi connectivity index (χ0v) is 20.4. The molecule has 0 aliphatic carbocycles. The number of amides is 1. The fourth-order valence-corrected chi connectivity index (χ4v) is 3.79. The summed E-state index contributed by atoms with van der Waals surface area (Å²) < 4.78 is 12.5. The van der Waals surface area contributed by atoms with Gasteiger partial charge in [0, 0.05) is 61.3 Å². The van der Waals surface area contributed by atoms with E-state index in [4.69, 9.17) is 19.7 Å². The first-order valence-corrected chi connectivity index (χ1v) is 11.4. The van der Waals surface area contributed by atoms with Crippen LogP contribution < -0.4 is 19.7 Å². The van der Waals surface area contributed by atoms with Gasteiger partial charge in [0.25, 0.3) is 0 Å². The Hall–Kier alpha value is -4.65. The van der Waals surface area contributed by atoms with Crippen LogP contribution in [-0.4, -0.2) is 53.5 Å². The van der Waals surface area contributed by atoms with Gasteiger partial charge in [0.2, 0.25) is 5.91 Å². The normalized spacial score (nSPS) is 10.6. The molecular weight excluding hydrogens is 458 g/mol. The topological polar surface area (TPSA) is 118 Å². The van der Waals surface area contributed by atoms with Gasteiger partial charge in [-0.3, -0.25) is 14.5 Å². The van der Waals surface area contributed by atoms with Crippen molar-refractivity contribution in [2.45, 2.75) is 19.4 Å². The molecule has 0 aliphatic rings. The SMILES string of the molecule is CNC(=O)Cn1cc(-c2cnc3ccc(N(CCCC#N)c4cc(OC)cc(OC)c4)cc3n2)cn1. The van der Waals surface area contributed by atoms with E-state index in [9.17, 15) is 4.79 Å². The van der Waals surface area contributed by atoms with Gasteiger partial charge in [-0.1, -0.05) is 0 Å². The molecule has 0 fully saturated rings. The van der Waals surface area contributed by atoms with Crippen molar-refractivity contribution >= 4 is 28.3 Å². The number of ether oxygens (including phenoxy) is 2. The lowest BCUT2D eigenvalue weighted by Crippen LogP contribution is -2.23. The molecule has 0 spiro atoms. The number of benzene rings is 2. The van der Waals surface area contributed by atoms with E-state index in [1.807, 2.05) is 36.4 Å². The van der Waals surface area contributed by atoms with Crippen LogP contribution in [0.3, 0.4) is 0 Å². The van der Waals surface area contributed by atoms with Crippen LogP contribution in [-0.2, 0) is 11.3 Å². The first-order chi connectivity index (χ1) is 17.5. The van der Waals surface area contributed by atoms with Crippen LogP contribution in [0, 0.1) is 11.3 Å². The Balaban J connectivity index is 1.71. The number of hydrogen-bond acceptors (Lipinski definition) is 8. The number of carbonyl (C=O) groups is 1. The van der Waals surface area contributed by atoms with Crippen LogP contribution in [0.15, 0.2) is 55.0 Å². The Morgan fingerprint density at radius 1 is 1.08 bits per heavy atom. The van der Waals surface area contributed by atoms with E-state index in [0.29, 0.717) is 42.1 Å². The van der Waals surface area contributed by atoms with Crippen LogP contribution in [0.2, 0.25) is 0 Å². The molecule has 0 aliphatic heterocycles. The first-order valence-electron chi connectivity index (χ1n) is 11.4. The summed E-state index contributed by atoms with van der Waals surface area (Å²) in [4.78, 5) is 23.1. The summed E-state index contributed by atoms with van der Waals surface area (Å²) in [6.07, 6.45) is 6.26. The predicted molar refractivity (Wildman–Crippen MR) is 136 cm³/mol. The van der Waals surface area contributed by atoms with Crippen LogP contribution >= 0.6 is 0 Å². The van der Waals surface area contributed by atoms with Crippen molar-refractivity contribution < 1.29 is 14.3 Å². The summed E-state index contributed by atoms with van der Waals surface area (Å²) >= 11 is 0. The molecule has 184 valence electrons. The molecule has 1 amide bonds. The summed E-state index contributed by atoms with van der Waals surface area (Å²) in [5.41, 5.74) is 4.66. The minimum Gasteiger partial charge on any atom is -0.497 e. The van der Waals surface area contributed by atoms with Gasteiger partial charge in [0.1, 0.15) is 18.0 Å². The van der Waals surface area contributed by atoms with Crippen LogP contribution in [0.4, 0.5) is 11.4 Å². The lowest BCUT2D eigenvalue weighted by atomic mass is 10.1. The van der Waals surface area contributed by atoms with Gasteiger partial charge in [-0.15, -0.1) is 0 Å². The maximum atomic E-state index is 11.7. The third kappa shape index (κ3) is 5.52. The highest BCUT2D eigenvalue weighted by molar-refractivity contribution is 5.83. The molecule has 1 N–H and O–H groups in total. The molecule has 10 nitrogen and oxygen atoms in total. The molecule has 0 radical (unpaired) electrons. The third-order valence-corrected chi connectivity index (χ3v) is 5.67. The standard InChI is InChI=1S/C26H27N7O3/c1-28-26(34)17-32-16-18(14-30-32)25-15-29-23-7-6-19(12-24(23)31-25)33(9-5-4-8-27)20-10-21(35-2)13-22(11-20)36-3/h6-7,10-16H,4-5,9,17H2,1-3H3,(H,28,34). The van der Waals surface area contributed by atoms with E-state index >= 15 is 0 Å². The molecule has 0 unspecified atom stereocenters. The zero-order valence-electron chi connectivity index (χ0n) is 20.4. The number of fused-ring (bicyclic) bond motifs is 1. The monoisotopic (exact) mass is 485 g/mol. The van der Waals surface area contributed by atoms with Crippen LogP contribution in [0.5, 0.6) is 11.5 Å². The summed E-state index contributed by atoms with van der Waals surface area (Å²) in [5.74, 6) is 1.21. The second-order valence-corrected chi connectivity index (χ2v) is 8.01. The number of carbonyl (C=O) groups excluding carboxylic acids is 1. The van der Waals surface area contributed by atoms with Crippen molar-refractivity contribution in [2.75, 3.05) is 32.7 Å². The average Bonchev–Trinajstić information content (AvgIpc) is 3.38. The van der Waals surface area contributed by atoms with E-state index in [2.05, 4.69) is 26.4 Å². The Kier molecular flexibility index (Phi) is 7.60. The Morgan fingerprint density at radius 2 is 1.86 bits per heavy atom. The number of likely N-dealkylation sites (N-methyl/N-ethyl adjacent to an activating group) is 1. The minimum atomic E-state index is -0.135. The Labute approximate surface area is 209 Å². The van der Waals surface area contributed by atoms with Crippen LogP contribution in [0.1, 0.15) is 12.8 Å². The second kappa shape index (κ2) is 11.2. The Morgan fingerprint density at radius 3 is 2.56 bits per heavy atom. The number of nitrogens with one attached hydrogen (secondary N) is 1. The summed E-state index contributed by atoms with van der Waals surface area (Å²) in [6.45, 7) is 0.748. The smallest absolute Gasteiger partial charge is 0.241 e. The van der Waals surface area contributed by atoms with Gasteiger partial charge in [-0.05, 0) is 24.6 Å². The summed E-state index contributed by atoms with van der Waals surface area (Å²) in [5, 5.41) is 15.9. The van der Waals surface area contributed by atoms with E-state index < -0.39 is 0 Å². The van der Waals surface area contributed by atoms with E-state index in [1.165, 1.54) is 0 Å². The van der Waals surface area contributed by atoms with Crippen molar-refractivity contribution in [2.24, 2.45) is 0 Å². The van der Waals surface area contributed by atoms with Crippen molar-refractivity contribution in [3.8, 4) is 28.8 Å². The van der Waals surface area contributed by atoms with Crippen molar-refractivity contribution in [3.05, 3.63) is 55.0 Å². The molecule has 4 rings (SSSR count). The van der Waals surface area contributed by atoms with E-state index in [-0.39, 0.29) is 12.5 Å². The molecule has 2 aromatic carbocycles. The molecule has 0 bridgehead atoms. The summed E-state index contributed by atoms with van der Waals surface area (Å²) in [6, 6.07) is 13.8. The Bertz CT molecular complexity index is 1390. The van der Waals surface area contributed by atoms with E-state index in [0.717, 1.165) is 22.5 Å². The number of nitriles is 1. The number of hydrogen-bond donors (Lipinski definition) is 1. The quantitative estimate of drug-likeness (QED) is 0.338. The summed E-state index contributed by atoms with van der Waals surface area (Å²) in [7, 11) is 4.81. The number of nitrogens with zero attached hydrogens (tertiary/aromatic N) is 6. The molecular formula is C26H27N7O3. The van der Waals surface area contributed by atoms with E-state index in [1.54, 1.807) is 44.5 Å². The van der Waals surface area contributed by atoms with Gasteiger partial charge < -0.3 is 19.7 Å². The largest absolute Gasteiger partial charge is 0.497 e. The first kappa shape index (κ1) is 24.5. The average molecular weight is 486 g/mol. The molecule has 36 heavy (non-hydrogen) atoms. The zero-order chi connectivity index (χ0) is 25.5. The number of methoxy groups -OCH3 is 2. The molecule has 10 heteroatoms. The lowest BCUT2D eigenvalue weighted by Gasteiger charge is -2.26. The maximum Gasteiger partial charge on any atom is 0.241 e. The predicted octanol–water partition coefficient (Wildman–Crippen LogP) is 3.70. The van der Waals surface area contributed by atoms with Gasteiger partial charge in [-0.25, -0.2) is 4.98 Å². The van der Waals surface area contributed by atoms with Gasteiger partial charge >= 0.3 is 0 Å². The van der Waals surface area contributed by atoms with Crippen LogP contribution in [0.25, 0.3) is 22.3 Å². The fourth-order valence-electron chi connectivity index (χ4n) is 3.79. The number of unbranched alkanes of at least 4 members (excludes halogenated alkanes) is 1. The second-order valence-electron chi connectivity index (χ2n) is 8.01.